The van der Waals surface area contributed by atoms with Gasteiger partial charge in [-0.1, -0.05) is 6.07 Å². The fourth-order valence-corrected chi connectivity index (χ4v) is 1.59. The van der Waals surface area contributed by atoms with Gasteiger partial charge in [0.1, 0.15) is 11.6 Å². The van der Waals surface area contributed by atoms with Gasteiger partial charge in [-0.2, -0.15) is 0 Å². The van der Waals surface area contributed by atoms with Crippen LogP contribution in [0.4, 0.5) is 4.39 Å². The molecule has 1 aromatic carbocycles. The van der Waals surface area contributed by atoms with Gasteiger partial charge in [0.25, 0.3) is 0 Å². The first-order chi connectivity index (χ1) is 8.04. The maximum absolute atomic E-state index is 13.6. The van der Waals surface area contributed by atoms with Gasteiger partial charge in [0, 0.05) is 24.1 Å². The van der Waals surface area contributed by atoms with Gasteiger partial charge >= 0.3 is 0 Å². The first-order valence-corrected chi connectivity index (χ1v) is 5.42. The smallest absolute Gasteiger partial charge is 0.217 e. The normalized spacial score (nSPS) is 12.2. The average molecular weight is 240 g/mol. The van der Waals surface area contributed by atoms with Crippen molar-refractivity contribution in [3.63, 3.8) is 0 Å². The molecule has 0 aliphatic rings. The lowest BCUT2D eigenvalue weighted by atomic mass is 10.0. The molecular formula is C12H17FN2O2. The summed E-state index contributed by atoms with van der Waals surface area (Å²) in [4.78, 5) is 10.6. The van der Waals surface area contributed by atoms with Crippen molar-refractivity contribution in [2.75, 3.05) is 7.11 Å². The van der Waals surface area contributed by atoms with Crippen LogP contribution in [0.3, 0.4) is 0 Å². The molecule has 0 saturated carbocycles. The zero-order chi connectivity index (χ0) is 12.8. The van der Waals surface area contributed by atoms with Crippen LogP contribution in [0.2, 0.25) is 0 Å². The lowest BCUT2D eigenvalue weighted by molar-refractivity contribution is -0.118. The highest BCUT2D eigenvalue weighted by molar-refractivity contribution is 5.73. The highest BCUT2D eigenvalue weighted by atomic mass is 19.1. The van der Waals surface area contributed by atoms with Crippen molar-refractivity contribution in [1.29, 1.82) is 0 Å². The Balaban J connectivity index is 2.62. The van der Waals surface area contributed by atoms with Crippen molar-refractivity contribution in [2.24, 2.45) is 11.5 Å². The van der Waals surface area contributed by atoms with Crippen molar-refractivity contribution < 1.29 is 13.9 Å². The minimum absolute atomic E-state index is 0.269. The van der Waals surface area contributed by atoms with E-state index in [-0.39, 0.29) is 12.3 Å². The van der Waals surface area contributed by atoms with Gasteiger partial charge in [-0.05, 0) is 18.9 Å². The molecule has 0 heterocycles. The summed E-state index contributed by atoms with van der Waals surface area (Å²) >= 11 is 0. The Morgan fingerprint density at radius 1 is 1.53 bits per heavy atom. The van der Waals surface area contributed by atoms with Crippen LogP contribution in [0, 0.1) is 5.82 Å². The summed E-state index contributed by atoms with van der Waals surface area (Å²) in [6.45, 7) is 0. The molecule has 17 heavy (non-hydrogen) atoms. The van der Waals surface area contributed by atoms with Crippen LogP contribution in [0.25, 0.3) is 0 Å². The molecule has 0 aromatic heterocycles. The summed E-state index contributed by atoms with van der Waals surface area (Å²) in [6.07, 6.45) is 1.35. The fourth-order valence-electron chi connectivity index (χ4n) is 1.59. The van der Waals surface area contributed by atoms with E-state index in [0.29, 0.717) is 24.2 Å². The summed E-state index contributed by atoms with van der Waals surface area (Å²) in [5.41, 5.74) is 11.3. The number of ether oxygens (including phenoxy) is 1. The highest BCUT2D eigenvalue weighted by Crippen LogP contribution is 2.23. The summed E-state index contributed by atoms with van der Waals surface area (Å²) in [7, 11) is 1.47. The quantitative estimate of drug-likeness (QED) is 0.790. The van der Waals surface area contributed by atoms with E-state index in [0.717, 1.165) is 0 Å². The lowest BCUT2D eigenvalue weighted by Crippen LogP contribution is -2.15. The topological polar surface area (TPSA) is 78.3 Å². The number of hydrogen-bond donors (Lipinski definition) is 2. The van der Waals surface area contributed by atoms with Gasteiger partial charge in [0.05, 0.1) is 7.11 Å². The highest BCUT2D eigenvalue weighted by Gasteiger charge is 2.12. The van der Waals surface area contributed by atoms with E-state index < -0.39 is 11.9 Å². The zero-order valence-corrected chi connectivity index (χ0v) is 9.78. The zero-order valence-electron chi connectivity index (χ0n) is 9.78. The van der Waals surface area contributed by atoms with Gasteiger partial charge in [0.15, 0.2) is 0 Å². The van der Waals surface area contributed by atoms with Gasteiger partial charge in [-0.25, -0.2) is 4.39 Å². The van der Waals surface area contributed by atoms with Crippen LogP contribution in [0.5, 0.6) is 5.75 Å². The minimum Gasteiger partial charge on any atom is -0.497 e. The number of rotatable bonds is 6. The van der Waals surface area contributed by atoms with Gasteiger partial charge in [0.2, 0.25) is 5.91 Å². The van der Waals surface area contributed by atoms with Gasteiger partial charge in [-0.3, -0.25) is 4.79 Å². The number of nitrogens with two attached hydrogens (primary N) is 2. The third kappa shape index (κ3) is 4.03. The van der Waals surface area contributed by atoms with E-state index >= 15 is 0 Å². The fraction of sp³-hybridized carbons (Fsp3) is 0.417. The Morgan fingerprint density at radius 3 is 2.76 bits per heavy atom. The molecule has 0 aliphatic heterocycles. The number of carbonyl (C=O) groups excluding carboxylic acids is 1. The van der Waals surface area contributed by atoms with Crippen molar-refractivity contribution in [2.45, 2.75) is 25.3 Å². The summed E-state index contributed by atoms with van der Waals surface area (Å²) in [5.74, 6) is -0.307. The first-order valence-electron chi connectivity index (χ1n) is 5.42. The van der Waals surface area contributed by atoms with Crippen molar-refractivity contribution in [3.8, 4) is 5.75 Å². The standard InChI is InChI=1S/C12H17FN2O2/c1-17-8-5-6-9(10(13)7-8)11(14)3-2-4-12(15)16/h5-7,11H,2-4,14H2,1H3,(H2,15,16). The second-order valence-electron chi connectivity index (χ2n) is 3.85. The molecular weight excluding hydrogens is 223 g/mol. The molecule has 1 amide bonds. The van der Waals surface area contributed by atoms with E-state index in [9.17, 15) is 9.18 Å². The monoisotopic (exact) mass is 240 g/mol. The Hall–Kier alpha value is -1.62. The Morgan fingerprint density at radius 2 is 2.24 bits per heavy atom. The summed E-state index contributed by atoms with van der Waals surface area (Å²) in [6, 6.07) is 4.12. The number of amides is 1. The Labute approximate surface area is 99.7 Å². The van der Waals surface area contributed by atoms with Crippen LogP contribution in [0.15, 0.2) is 18.2 Å². The molecule has 94 valence electrons. The van der Waals surface area contributed by atoms with Crippen molar-refractivity contribution in [1.82, 2.24) is 0 Å². The van der Waals surface area contributed by atoms with Crippen molar-refractivity contribution in [3.05, 3.63) is 29.6 Å². The van der Waals surface area contributed by atoms with E-state index in [4.69, 9.17) is 16.2 Å². The molecule has 0 spiro atoms. The van der Waals surface area contributed by atoms with E-state index in [1.807, 2.05) is 0 Å². The predicted octanol–water partition coefficient (Wildman–Crippen LogP) is 1.49. The predicted molar refractivity (Wildman–Crippen MR) is 62.9 cm³/mol. The molecule has 0 fully saturated rings. The molecule has 1 atom stereocenters. The number of hydrogen-bond acceptors (Lipinski definition) is 3. The molecule has 4 nitrogen and oxygen atoms in total. The lowest BCUT2D eigenvalue weighted by Gasteiger charge is -2.13. The van der Waals surface area contributed by atoms with Crippen LogP contribution in [-0.2, 0) is 4.79 Å². The second-order valence-corrected chi connectivity index (χ2v) is 3.85. The number of methoxy groups -OCH3 is 1. The van der Waals surface area contributed by atoms with Crippen LogP contribution in [0.1, 0.15) is 30.9 Å². The van der Waals surface area contributed by atoms with Gasteiger partial charge in [-0.15, -0.1) is 0 Å². The third-order valence-electron chi connectivity index (χ3n) is 2.55. The van der Waals surface area contributed by atoms with Crippen molar-refractivity contribution >= 4 is 5.91 Å². The average Bonchev–Trinajstić information content (AvgIpc) is 2.28. The van der Waals surface area contributed by atoms with Crippen LogP contribution >= 0.6 is 0 Å². The molecule has 0 bridgehead atoms. The molecule has 1 rings (SSSR count). The van der Waals surface area contributed by atoms with Gasteiger partial charge < -0.3 is 16.2 Å². The molecule has 1 unspecified atom stereocenters. The second kappa shape index (κ2) is 6.20. The SMILES string of the molecule is COc1ccc(C(N)CCCC(N)=O)c(F)c1. The minimum atomic E-state index is -0.430. The maximum atomic E-state index is 13.6. The first kappa shape index (κ1) is 13.4. The number of benzene rings is 1. The largest absolute Gasteiger partial charge is 0.497 e. The molecule has 0 saturated heterocycles. The number of halogens is 1. The Bertz CT molecular complexity index is 396. The van der Waals surface area contributed by atoms with Crippen LogP contribution in [-0.4, -0.2) is 13.0 Å². The number of carbonyl (C=O) groups is 1. The molecule has 1 aromatic rings. The number of primary amides is 1. The molecule has 5 heteroatoms. The van der Waals surface area contributed by atoms with E-state index in [2.05, 4.69) is 0 Å². The molecule has 4 N–H and O–H groups in total. The van der Waals surface area contributed by atoms with E-state index in [1.165, 1.54) is 13.2 Å². The van der Waals surface area contributed by atoms with E-state index in [1.54, 1.807) is 12.1 Å². The summed E-state index contributed by atoms with van der Waals surface area (Å²) < 4.78 is 18.5. The third-order valence-corrected chi connectivity index (χ3v) is 2.55. The van der Waals surface area contributed by atoms with Crippen LogP contribution < -0.4 is 16.2 Å². The maximum Gasteiger partial charge on any atom is 0.217 e. The summed E-state index contributed by atoms with van der Waals surface area (Å²) in [5, 5.41) is 0. The molecule has 0 radical (unpaired) electrons. The molecule has 0 aliphatic carbocycles. The Kier molecular flexibility index (Phi) is 4.90.